The van der Waals surface area contributed by atoms with E-state index < -0.39 is 0 Å². The van der Waals surface area contributed by atoms with Crippen LogP contribution >= 0.6 is 12.4 Å². The van der Waals surface area contributed by atoms with Crippen LogP contribution in [0.25, 0.3) is 0 Å². The molecule has 2 aromatic rings. The van der Waals surface area contributed by atoms with E-state index >= 15 is 0 Å². The van der Waals surface area contributed by atoms with Crippen molar-refractivity contribution in [2.75, 3.05) is 11.9 Å². The van der Waals surface area contributed by atoms with Gasteiger partial charge in [0.2, 0.25) is 0 Å². The summed E-state index contributed by atoms with van der Waals surface area (Å²) in [6.07, 6.45) is 2.71. The van der Waals surface area contributed by atoms with E-state index in [1.807, 2.05) is 31.3 Å². The number of hydrogen-bond donors (Lipinski definition) is 2. The maximum absolute atomic E-state index is 12.1. The van der Waals surface area contributed by atoms with E-state index in [4.69, 9.17) is 0 Å². The first-order chi connectivity index (χ1) is 9.24. The van der Waals surface area contributed by atoms with Gasteiger partial charge in [0.25, 0.3) is 5.91 Å². The number of carbonyl (C=O) groups excluding carboxylic acids is 1. The van der Waals surface area contributed by atoms with E-state index in [1.54, 1.807) is 10.9 Å². The summed E-state index contributed by atoms with van der Waals surface area (Å²) in [7, 11) is 1.86. The summed E-state index contributed by atoms with van der Waals surface area (Å²) in [5, 5.41) is 10.3. The number of halogens is 1. The van der Waals surface area contributed by atoms with Crippen molar-refractivity contribution in [3.05, 3.63) is 47.3 Å². The molecule has 0 fully saturated rings. The van der Waals surface area contributed by atoms with E-state index in [1.165, 1.54) is 5.56 Å². The molecule has 1 aliphatic rings. The number of rotatable bonds is 3. The fourth-order valence-electron chi connectivity index (χ4n) is 2.29. The minimum absolute atomic E-state index is 0. The van der Waals surface area contributed by atoms with Crippen LogP contribution in [0.1, 0.15) is 21.6 Å². The van der Waals surface area contributed by atoms with Crippen LogP contribution in [0.15, 0.2) is 30.5 Å². The highest BCUT2D eigenvalue weighted by Gasteiger charge is 2.13. The molecule has 1 aromatic carbocycles. The summed E-state index contributed by atoms with van der Waals surface area (Å²) in [6, 6.07) is 7.69. The Morgan fingerprint density at radius 2 is 2.30 bits per heavy atom. The van der Waals surface area contributed by atoms with Gasteiger partial charge in [-0.15, -0.1) is 12.4 Å². The van der Waals surface area contributed by atoms with Gasteiger partial charge in [-0.3, -0.25) is 9.48 Å². The van der Waals surface area contributed by atoms with Crippen molar-refractivity contribution in [1.82, 2.24) is 15.1 Å². The van der Waals surface area contributed by atoms with Crippen LogP contribution in [-0.2, 0) is 20.0 Å². The topological polar surface area (TPSA) is 59.0 Å². The molecule has 2 heterocycles. The Morgan fingerprint density at radius 1 is 1.45 bits per heavy atom. The summed E-state index contributed by atoms with van der Waals surface area (Å²) in [5.41, 5.74) is 4.05. The van der Waals surface area contributed by atoms with Crippen LogP contribution in [0.2, 0.25) is 0 Å². The number of fused-ring (bicyclic) bond motifs is 1. The lowest BCUT2D eigenvalue weighted by molar-refractivity contribution is 0.0950. The maximum Gasteiger partial charge on any atom is 0.251 e. The number of aromatic nitrogens is 2. The Morgan fingerprint density at radius 3 is 3.05 bits per heavy atom. The van der Waals surface area contributed by atoms with Gasteiger partial charge < -0.3 is 10.6 Å². The first-order valence-electron chi connectivity index (χ1n) is 6.36. The van der Waals surface area contributed by atoms with Crippen LogP contribution in [-0.4, -0.2) is 22.2 Å². The van der Waals surface area contributed by atoms with Crippen LogP contribution in [0.5, 0.6) is 0 Å². The standard InChI is InChI=1S/C14H16N4O.ClH/c1-18-12(5-7-17-18)9-16-14(19)11-2-3-13-10(8-11)4-6-15-13;/h2-3,5,7-8,15H,4,6,9H2,1H3,(H,16,19);1H. The second kappa shape index (κ2) is 5.96. The van der Waals surface area contributed by atoms with E-state index in [9.17, 15) is 4.79 Å². The molecule has 0 bridgehead atoms. The molecule has 0 unspecified atom stereocenters. The van der Waals surface area contributed by atoms with Gasteiger partial charge in [0.05, 0.1) is 12.2 Å². The van der Waals surface area contributed by atoms with Gasteiger partial charge in [-0.05, 0) is 36.2 Å². The van der Waals surface area contributed by atoms with Gasteiger partial charge >= 0.3 is 0 Å². The number of nitrogens with zero attached hydrogens (tertiary/aromatic N) is 2. The first-order valence-corrected chi connectivity index (χ1v) is 6.36. The van der Waals surface area contributed by atoms with Crippen molar-refractivity contribution in [2.45, 2.75) is 13.0 Å². The molecular weight excluding hydrogens is 276 g/mol. The Labute approximate surface area is 123 Å². The number of benzene rings is 1. The largest absolute Gasteiger partial charge is 0.384 e. The molecule has 1 aliphatic heterocycles. The maximum atomic E-state index is 12.1. The first kappa shape index (κ1) is 14.4. The number of hydrogen-bond acceptors (Lipinski definition) is 3. The predicted octanol–water partition coefficient (Wildman–Crippen LogP) is 1.74. The summed E-state index contributed by atoms with van der Waals surface area (Å²) < 4.78 is 1.76. The quantitative estimate of drug-likeness (QED) is 0.906. The number of anilines is 1. The van der Waals surface area contributed by atoms with Crippen LogP contribution in [0.4, 0.5) is 5.69 Å². The monoisotopic (exact) mass is 292 g/mol. The summed E-state index contributed by atoms with van der Waals surface area (Å²) in [6.45, 7) is 1.44. The van der Waals surface area contributed by atoms with Crippen molar-refractivity contribution in [1.29, 1.82) is 0 Å². The number of nitrogens with one attached hydrogen (secondary N) is 2. The zero-order valence-electron chi connectivity index (χ0n) is 11.2. The van der Waals surface area contributed by atoms with Crippen molar-refractivity contribution in [3.8, 4) is 0 Å². The third-order valence-corrected chi connectivity index (χ3v) is 3.43. The summed E-state index contributed by atoms with van der Waals surface area (Å²) in [5.74, 6) is -0.0455. The lowest BCUT2D eigenvalue weighted by Gasteiger charge is -2.07. The van der Waals surface area contributed by atoms with Crippen molar-refractivity contribution in [2.24, 2.45) is 7.05 Å². The average Bonchev–Trinajstić information content (AvgIpc) is 3.03. The molecule has 0 spiro atoms. The zero-order valence-corrected chi connectivity index (χ0v) is 12.0. The molecule has 1 aromatic heterocycles. The minimum Gasteiger partial charge on any atom is -0.384 e. The Bertz CT molecular complexity index is 623. The van der Waals surface area contributed by atoms with Gasteiger partial charge in [-0.1, -0.05) is 0 Å². The molecule has 2 N–H and O–H groups in total. The smallest absolute Gasteiger partial charge is 0.251 e. The number of amides is 1. The second-order valence-corrected chi connectivity index (χ2v) is 4.68. The highest BCUT2D eigenvalue weighted by Crippen LogP contribution is 2.22. The highest BCUT2D eigenvalue weighted by molar-refractivity contribution is 5.95. The summed E-state index contributed by atoms with van der Waals surface area (Å²) in [4.78, 5) is 12.1. The fourth-order valence-corrected chi connectivity index (χ4v) is 2.29. The highest BCUT2D eigenvalue weighted by atomic mass is 35.5. The lowest BCUT2D eigenvalue weighted by atomic mass is 10.1. The third-order valence-electron chi connectivity index (χ3n) is 3.43. The number of carbonyl (C=O) groups is 1. The van der Waals surface area contributed by atoms with Gasteiger partial charge in [0.15, 0.2) is 0 Å². The molecule has 106 valence electrons. The average molecular weight is 293 g/mol. The molecule has 1 amide bonds. The second-order valence-electron chi connectivity index (χ2n) is 4.68. The molecule has 0 aliphatic carbocycles. The molecule has 20 heavy (non-hydrogen) atoms. The van der Waals surface area contributed by atoms with Crippen LogP contribution in [0, 0.1) is 0 Å². The van der Waals surface area contributed by atoms with E-state index in [2.05, 4.69) is 15.7 Å². The molecular formula is C14H17ClN4O. The molecule has 0 atom stereocenters. The minimum atomic E-state index is -0.0455. The summed E-state index contributed by atoms with van der Waals surface area (Å²) >= 11 is 0. The molecule has 5 nitrogen and oxygen atoms in total. The predicted molar refractivity (Wildman–Crippen MR) is 80.3 cm³/mol. The Hall–Kier alpha value is -2.01. The zero-order chi connectivity index (χ0) is 13.2. The van der Waals surface area contributed by atoms with Crippen LogP contribution in [0.3, 0.4) is 0 Å². The third kappa shape index (κ3) is 2.77. The van der Waals surface area contributed by atoms with Gasteiger partial charge in [-0.2, -0.15) is 5.10 Å². The Balaban J connectivity index is 0.00000147. The van der Waals surface area contributed by atoms with Gasteiger partial charge in [-0.25, -0.2) is 0 Å². The van der Waals surface area contributed by atoms with Crippen molar-refractivity contribution >= 4 is 24.0 Å². The molecule has 0 saturated carbocycles. The van der Waals surface area contributed by atoms with E-state index in [-0.39, 0.29) is 18.3 Å². The van der Waals surface area contributed by atoms with Gasteiger partial charge in [0, 0.05) is 31.0 Å². The van der Waals surface area contributed by atoms with E-state index in [0.717, 1.165) is 24.3 Å². The Kier molecular flexibility index (Phi) is 4.29. The SMILES string of the molecule is Cl.Cn1nccc1CNC(=O)c1ccc2c(c1)CCN2. The fraction of sp³-hybridized carbons (Fsp3) is 0.286. The molecule has 6 heteroatoms. The van der Waals surface area contributed by atoms with Gasteiger partial charge in [0.1, 0.15) is 0 Å². The molecule has 3 rings (SSSR count). The van der Waals surface area contributed by atoms with Crippen LogP contribution < -0.4 is 10.6 Å². The van der Waals surface area contributed by atoms with Crippen molar-refractivity contribution in [3.63, 3.8) is 0 Å². The molecule has 0 radical (unpaired) electrons. The normalized spacial score (nSPS) is 12.2. The van der Waals surface area contributed by atoms with E-state index in [0.29, 0.717) is 12.1 Å². The lowest BCUT2D eigenvalue weighted by Crippen LogP contribution is -2.24. The molecule has 0 saturated heterocycles. The number of aryl methyl sites for hydroxylation is 1. The van der Waals surface area contributed by atoms with Crippen molar-refractivity contribution < 1.29 is 4.79 Å².